The molecule has 2 aliphatic heterocycles. The zero-order valence-corrected chi connectivity index (χ0v) is 22.7. The van der Waals surface area contributed by atoms with Crippen LogP contribution in [0.25, 0.3) is 10.8 Å². The third-order valence-corrected chi connectivity index (χ3v) is 8.01. The molecule has 4 atom stereocenters. The second-order valence-electron chi connectivity index (χ2n) is 10.7. The molecule has 6 rings (SSSR count). The zero-order valence-electron chi connectivity index (χ0n) is 22.7. The Hall–Kier alpha value is -3.83. The molecular formula is C28H34N8O3. The number of piperidine rings is 1. The molecule has 0 unspecified atom stereocenters. The highest BCUT2D eigenvalue weighted by Crippen LogP contribution is 2.42. The van der Waals surface area contributed by atoms with Gasteiger partial charge in [0.1, 0.15) is 11.6 Å². The first-order valence-corrected chi connectivity index (χ1v) is 13.4. The average Bonchev–Trinajstić information content (AvgIpc) is 3.46. The van der Waals surface area contributed by atoms with Crippen LogP contribution in [0.2, 0.25) is 0 Å². The van der Waals surface area contributed by atoms with E-state index in [0.717, 1.165) is 36.0 Å². The van der Waals surface area contributed by atoms with E-state index in [4.69, 9.17) is 19.1 Å². The van der Waals surface area contributed by atoms with Crippen LogP contribution in [-0.4, -0.2) is 75.2 Å². The number of β-amino-alcohol motifs (C(OH)–C–C–N with tert-alkyl or cyclic N) is 1. The van der Waals surface area contributed by atoms with Crippen LogP contribution in [0.1, 0.15) is 50.5 Å². The first-order chi connectivity index (χ1) is 18.9. The quantitative estimate of drug-likeness (QED) is 0.362. The van der Waals surface area contributed by atoms with Crippen LogP contribution in [-0.2, 0) is 4.74 Å². The number of fused-ring (bicyclic) bond motifs is 1. The molecule has 0 radical (unpaired) electrons. The third-order valence-electron chi connectivity index (χ3n) is 8.01. The lowest BCUT2D eigenvalue weighted by Gasteiger charge is -2.46. The van der Waals surface area contributed by atoms with Gasteiger partial charge in [0, 0.05) is 56.3 Å². The number of nitrogens with zero attached hydrogens (tertiary/aromatic N) is 7. The summed E-state index contributed by atoms with van der Waals surface area (Å²) in [5, 5.41) is 24.0. The Morgan fingerprint density at radius 1 is 1.13 bits per heavy atom. The second-order valence-corrected chi connectivity index (χ2v) is 10.7. The van der Waals surface area contributed by atoms with Crippen molar-refractivity contribution in [2.45, 2.75) is 57.3 Å². The molecule has 2 aliphatic rings. The number of benzene rings is 1. The van der Waals surface area contributed by atoms with Crippen LogP contribution in [0.4, 0.5) is 23.3 Å². The maximum absolute atomic E-state index is 10.4. The highest BCUT2D eigenvalue weighted by molar-refractivity contribution is 5.98. The van der Waals surface area contributed by atoms with Gasteiger partial charge in [-0.05, 0) is 48.4 Å². The molecule has 2 saturated heterocycles. The number of rotatable bonds is 7. The summed E-state index contributed by atoms with van der Waals surface area (Å²) < 4.78 is 10.8. The van der Waals surface area contributed by atoms with Crippen molar-refractivity contribution < 1.29 is 14.3 Å². The molecule has 0 spiro atoms. The Balaban J connectivity index is 1.26. The minimum Gasteiger partial charge on any atom is -0.428 e. The van der Waals surface area contributed by atoms with Crippen LogP contribution in [0.15, 0.2) is 47.5 Å². The molecule has 2 fully saturated rings. The summed E-state index contributed by atoms with van der Waals surface area (Å²) >= 11 is 0. The smallest absolute Gasteiger partial charge is 0.227 e. The second kappa shape index (κ2) is 10.4. The predicted octanol–water partition coefficient (Wildman–Crippen LogP) is 3.85. The van der Waals surface area contributed by atoms with Gasteiger partial charge in [0.25, 0.3) is 0 Å². The van der Waals surface area contributed by atoms with Crippen molar-refractivity contribution in [3.8, 4) is 0 Å². The highest BCUT2D eigenvalue weighted by Gasteiger charge is 2.40. The fourth-order valence-electron chi connectivity index (χ4n) is 5.69. The lowest BCUT2D eigenvalue weighted by atomic mass is 9.87. The van der Waals surface area contributed by atoms with Crippen molar-refractivity contribution in [2.24, 2.45) is 0 Å². The number of nitrogens with one attached hydrogen (secondary N) is 1. The number of aliphatic hydroxyl groups excluding tert-OH is 1. The molecule has 2 N–H and O–H groups in total. The minimum atomic E-state index is -0.578. The summed E-state index contributed by atoms with van der Waals surface area (Å²) in [6.45, 7) is 8.57. The molecule has 39 heavy (non-hydrogen) atoms. The Morgan fingerprint density at radius 2 is 2.00 bits per heavy atom. The van der Waals surface area contributed by atoms with Gasteiger partial charge in [-0.15, -0.1) is 10.2 Å². The molecule has 0 saturated carbocycles. The molecule has 0 amide bonds. The highest BCUT2D eigenvalue weighted by atomic mass is 16.5. The van der Waals surface area contributed by atoms with E-state index < -0.39 is 6.10 Å². The fourth-order valence-corrected chi connectivity index (χ4v) is 5.69. The molecule has 5 heterocycles. The van der Waals surface area contributed by atoms with Gasteiger partial charge >= 0.3 is 0 Å². The number of methoxy groups -OCH3 is 1. The average molecular weight is 531 g/mol. The van der Waals surface area contributed by atoms with E-state index in [1.54, 1.807) is 13.3 Å². The molecule has 0 aliphatic carbocycles. The van der Waals surface area contributed by atoms with Gasteiger partial charge in [-0.1, -0.05) is 19.9 Å². The summed E-state index contributed by atoms with van der Waals surface area (Å²) in [5.74, 6) is 3.19. The Bertz CT molecular complexity index is 1450. The topological polar surface area (TPSA) is 126 Å². The van der Waals surface area contributed by atoms with E-state index in [9.17, 15) is 5.11 Å². The standard InChI is InChI=1S/C28H34N8O3/c1-16(2)18-5-6-22(36-13-21(17(36)3)27-34-31-15-39-27)20-12-30-26(11-19(18)20)32-25-7-9-29-28(33-25)35-10-8-24(38-4)23(37)14-35/h5-7,9,11-12,15-17,21,23-24,37H,8,10,13-14H2,1-4H3,(H,29,30,32,33)/t17-,21+,23-,24-/m1/s1. The first-order valence-electron chi connectivity index (χ1n) is 13.4. The molecular weight excluding hydrogens is 496 g/mol. The van der Waals surface area contributed by atoms with Crippen molar-refractivity contribution in [3.05, 3.63) is 54.5 Å². The number of aromatic nitrogens is 5. The molecule has 1 aromatic carbocycles. The summed E-state index contributed by atoms with van der Waals surface area (Å²) in [6.07, 6.45) is 5.04. The predicted molar refractivity (Wildman–Crippen MR) is 149 cm³/mol. The number of hydrogen-bond acceptors (Lipinski definition) is 11. The maximum Gasteiger partial charge on any atom is 0.227 e. The molecule has 11 heteroatoms. The number of hydrogen-bond donors (Lipinski definition) is 2. The van der Waals surface area contributed by atoms with E-state index >= 15 is 0 Å². The van der Waals surface area contributed by atoms with Crippen LogP contribution >= 0.6 is 0 Å². The van der Waals surface area contributed by atoms with E-state index in [-0.39, 0.29) is 18.1 Å². The van der Waals surface area contributed by atoms with Crippen LogP contribution in [0, 0.1) is 0 Å². The molecule has 4 aromatic rings. The van der Waals surface area contributed by atoms with Gasteiger partial charge in [0.15, 0.2) is 0 Å². The first kappa shape index (κ1) is 25.4. The van der Waals surface area contributed by atoms with Crippen molar-refractivity contribution >= 4 is 34.0 Å². The lowest BCUT2D eigenvalue weighted by molar-refractivity contribution is -0.0219. The van der Waals surface area contributed by atoms with E-state index in [1.165, 1.54) is 12.0 Å². The summed E-state index contributed by atoms with van der Waals surface area (Å²) in [5.41, 5.74) is 2.42. The van der Waals surface area contributed by atoms with E-state index in [0.29, 0.717) is 35.9 Å². The van der Waals surface area contributed by atoms with Crippen molar-refractivity contribution in [1.29, 1.82) is 0 Å². The third kappa shape index (κ3) is 4.76. The van der Waals surface area contributed by atoms with Gasteiger partial charge in [0.05, 0.1) is 18.1 Å². The molecule has 0 bridgehead atoms. The maximum atomic E-state index is 10.4. The Labute approximate surface area is 227 Å². The van der Waals surface area contributed by atoms with E-state index in [2.05, 4.69) is 64.4 Å². The Kier molecular flexibility index (Phi) is 6.78. The van der Waals surface area contributed by atoms with Gasteiger partial charge in [-0.2, -0.15) is 4.98 Å². The van der Waals surface area contributed by atoms with Crippen LogP contribution in [0.5, 0.6) is 0 Å². The van der Waals surface area contributed by atoms with Crippen LogP contribution < -0.4 is 15.1 Å². The Morgan fingerprint density at radius 3 is 2.72 bits per heavy atom. The normalized spacial score (nSPS) is 23.3. The molecule has 3 aromatic heterocycles. The van der Waals surface area contributed by atoms with Crippen LogP contribution in [0.3, 0.4) is 0 Å². The molecule has 11 nitrogen and oxygen atoms in total. The summed E-state index contributed by atoms with van der Waals surface area (Å²) in [7, 11) is 1.63. The van der Waals surface area contributed by atoms with Crippen molar-refractivity contribution in [2.75, 3.05) is 41.9 Å². The fraction of sp³-hybridized carbons (Fsp3) is 0.464. The number of pyridine rings is 1. The zero-order chi connectivity index (χ0) is 27.1. The molecule has 204 valence electrons. The number of aliphatic hydroxyl groups is 1. The van der Waals surface area contributed by atoms with Crippen molar-refractivity contribution in [1.82, 2.24) is 25.1 Å². The van der Waals surface area contributed by atoms with Crippen molar-refractivity contribution in [3.63, 3.8) is 0 Å². The minimum absolute atomic E-state index is 0.159. The van der Waals surface area contributed by atoms with Gasteiger partial charge in [-0.25, -0.2) is 9.97 Å². The number of anilines is 4. The van der Waals surface area contributed by atoms with Gasteiger partial charge in [-0.3, -0.25) is 0 Å². The van der Waals surface area contributed by atoms with E-state index in [1.807, 2.05) is 17.2 Å². The van der Waals surface area contributed by atoms with Gasteiger partial charge < -0.3 is 29.4 Å². The number of ether oxygens (including phenoxy) is 1. The van der Waals surface area contributed by atoms with Gasteiger partial charge in [0.2, 0.25) is 18.2 Å². The lowest BCUT2D eigenvalue weighted by Crippen LogP contribution is -2.53. The SMILES string of the molecule is CO[C@@H]1CCN(c2nccc(Nc3cc4c(C(C)C)ccc(N5C[C@H](c6nnco6)[C@H]5C)c4cn3)n2)C[C@H]1O. The summed E-state index contributed by atoms with van der Waals surface area (Å²) in [6, 6.07) is 8.58. The largest absolute Gasteiger partial charge is 0.428 e. The summed E-state index contributed by atoms with van der Waals surface area (Å²) in [4.78, 5) is 18.3. The monoisotopic (exact) mass is 530 g/mol.